The quantitative estimate of drug-likeness (QED) is 0.797. The average Bonchev–Trinajstić information content (AvgIpc) is 2.78. The number of carboxylic acid groups (broad SMARTS) is 1. The van der Waals surface area contributed by atoms with Crippen LogP contribution in [0.1, 0.15) is 38.8 Å². The summed E-state index contributed by atoms with van der Waals surface area (Å²) >= 11 is 6.32. The Labute approximate surface area is 165 Å². The number of nitrogens with zero attached hydrogens (tertiary/aromatic N) is 1. The van der Waals surface area contributed by atoms with Gasteiger partial charge in [-0.2, -0.15) is 0 Å². The molecule has 2 heterocycles. The largest absolute Gasteiger partial charge is 0.495 e. The summed E-state index contributed by atoms with van der Waals surface area (Å²) in [6, 6.07) is 3.78. The summed E-state index contributed by atoms with van der Waals surface area (Å²) in [4.78, 5) is 12.7. The van der Waals surface area contributed by atoms with Gasteiger partial charge < -0.3 is 24.1 Å². The second kappa shape index (κ2) is 7.28. The molecular weight excluding hydrogens is 368 g/mol. The smallest absolute Gasteiger partial charge is 0.465 e. The highest BCUT2D eigenvalue weighted by atomic mass is 35.5. The van der Waals surface area contributed by atoms with Crippen LogP contribution < -0.4 is 5.46 Å². The first-order valence-electron chi connectivity index (χ1n) is 9.24. The molecule has 0 radical (unpaired) electrons. The number of morpholine rings is 1. The Balaban J connectivity index is 1.89. The van der Waals surface area contributed by atoms with Gasteiger partial charge in [-0.1, -0.05) is 11.6 Å². The molecule has 0 unspecified atom stereocenters. The maximum Gasteiger partial charge on any atom is 0.495 e. The topological polar surface area (TPSA) is 68.2 Å². The predicted molar refractivity (Wildman–Crippen MR) is 105 cm³/mol. The number of hydrogen-bond donors (Lipinski definition) is 1. The van der Waals surface area contributed by atoms with Crippen molar-refractivity contribution < 1.29 is 23.9 Å². The molecule has 27 heavy (non-hydrogen) atoms. The lowest BCUT2D eigenvalue weighted by atomic mass is 9.73. The zero-order valence-electron chi connectivity index (χ0n) is 16.5. The van der Waals surface area contributed by atoms with Crippen molar-refractivity contribution >= 4 is 30.3 Å². The zero-order valence-corrected chi connectivity index (χ0v) is 17.3. The second-order valence-corrected chi connectivity index (χ2v) is 8.74. The maximum atomic E-state index is 11.3. The predicted octanol–water partition coefficient (Wildman–Crippen LogP) is 2.87. The first-order chi connectivity index (χ1) is 12.5. The molecule has 1 atom stereocenters. The van der Waals surface area contributed by atoms with Crippen molar-refractivity contribution in [2.75, 3.05) is 19.7 Å². The van der Waals surface area contributed by atoms with Gasteiger partial charge in [0.05, 0.1) is 30.5 Å². The van der Waals surface area contributed by atoms with E-state index < -0.39 is 24.4 Å². The molecule has 2 aliphatic rings. The molecule has 2 saturated heterocycles. The van der Waals surface area contributed by atoms with Gasteiger partial charge in [-0.05, 0) is 63.3 Å². The molecule has 0 aliphatic carbocycles. The fraction of sp³-hybridized carbons (Fsp3) is 0.632. The third-order valence-corrected chi connectivity index (χ3v) is 6.04. The van der Waals surface area contributed by atoms with E-state index in [1.807, 2.05) is 46.8 Å². The standard InChI is InChI=1S/C19H27BClNO5/c1-12-8-13(21)9-16(20-26-18(2,3)19(4,5)27-20)15(12)10-14-11-22(17(23)24)6-7-25-14/h8-9,14H,6-7,10-11H2,1-5H3,(H,23,24)/t14-/m1/s1. The number of hydrogen-bond acceptors (Lipinski definition) is 4. The fourth-order valence-electron chi connectivity index (χ4n) is 3.50. The van der Waals surface area contributed by atoms with E-state index in [0.29, 0.717) is 31.1 Å². The van der Waals surface area contributed by atoms with E-state index in [1.165, 1.54) is 4.90 Å². The minimum atomic E-state index is -0.915. The lowest BCUT2D eigenvalue weighted by molar-refractivity contribution is -0.0210. The Kier molecular flexibility index (Phi) is 5.52. The highest BCUT2D eigenvalue weighted by Gasteiger charge is 2.52. The van der Waals surface area contributed by atoms with Crippen LogP contribution >= 0.6 is 11.6 Å². The van der Waals surface area contributed by atoms with E-state index >= 15 is 0 Å². The van der Waals surface area contributed by atoms with Crippen molar-refractivity contribution in [2.45, 2.75) is 58.3 Å². The van der Waals surface area contributed by atoms with E-state index in [1.54, 1.807) is 0 Å². The van der Waals surface area contributed by atoms with E-state index in [9.17, 15) is 9.90 Å². The Morgan fingerprint density at radius 1 is 1.30 bits per heavy atom. The first kappa shape index (κ1) is 20.5. The summed E-state index contributed by atoms with van der Waals surface area (Å²) in [7, 11) is -0.526. The highest BCUT2D eigenvalue weighted by molar-refractivity contribution is 6.63. The number of carbonyl (C=O) groups is 1. The molecule has 0 spiro atoms. The van der Waals surface area contributed by atoms with Gasteiger partial charge in [0.1, 0.15) is 0 Å². The number of amides is 1. The molecule has 3 rings (SSSR count). The number of rotatable bonds is 3. The second-order valence-electron chi connectivity index (χ2n) is 8.30. The SMILES string of the molecule is Cc1cc(Cl)cc(B2OC(C)(C)C(C)(C)O2)c1C[C@@H]1CN(C(=O)O)CCO1. The maximum absolute atomic E-state index is 11.3. The summed E-state index contributed by atoms with van der Waals surface area (Å²) in [5.41, 5.74) is 2.03. The van der Waals surface area contributed by atoms with Gasteiger partial charge in [-0.3, -0.25) is 0 Å². The third-order valence-electron chi connectivity index (χ3n) is 5.82. The van der Waals surface area contributed by atoms with Gasteiger partial charge in [-0.15, -0.1) is 0 Å². The van der Waals surface area contributed by atoms with Crippen LogP contribution in [0.2, 0.25) is 5.02 Å². The van der Waals surface area contributed by atoms with Gasteiger partial charge >= 0.3 is 13.2 Å². The molecule has 2 fully saturated rings. The van der Waals surface area contributed by atoms with Crippen molar-refractivity contribution in [3.63, 3.8) is 0 Å². The molecule has 1 aromatic carbocycles. The van der Waals surface area contributed by atoms with Gasteiger partial charge in [0.25, 0.3) is 0 Å². The Bertz CT molecular complexity index is 723. The van der Waals surface area contributed by atoms with E-state index in [2.05, 4.69) is 0 Å². The van der Waals surface area contributed by atoms with Crippen molar-refractivity contribution in [2.24, 2.45) is 0 Å². The Morgan fingerprint density at radius 2 is 1.93 bits per heavy atom. The van der Waals surface area contributed by atoms with Crippen molar-refractivity contribution in [3.05, 3.63) is 28.3 Å². The summed E-state index contributed by atoms with van der Waals surface area (Å²) in [5.74, 6) is 0. The number of halogens is 1. The third kappa shape index (κ3) is 4.11. The monoisotopic (exact) mass is 395 g/mol. The molecule has 1 amide bonds. The van der Waals surface area contributed by atoms with Crippen LogP contribution in [0.4, 0.5) is 4.79 Å². The summed E-state index contributed by atoms with van der Waals surface area (Å²) in [6.45, 7) is 11.2. The highest BCUT2D eigenvalue weighted by Crippen LogP contribution is 2.37. The van der Waals surface area contributed by atoms with E-state index in [4.69, 9.17) is 25.6 Å². The summed E-state index contributed by atoms with van der Waals surface area (Å²) in [5, 5.41) is 9.89. The van der Waals surface area contributed by atoms with Crippen molar-refractivity contribution in [3.8, 4) is 0 Å². The van der Waals surface area contributed by atoms with Crippen molar-refractivity contribution in [1.29, 1.82) is 0 Å². The lowest BCUT2D eigenvalue weighted by Crippen LogP contribution is -2.47. The van der Waals surface area contributed by atoms with Crippen LogP contribution in [0.5, 0.6) is 0 Å². The molecule has 1 aromatic rings. The van der Waals surface area contributed by atoms with Crippen LogP contribution in [0, 0.1) is 6.92 Å². The van der Waals surface area contributed by atoms with Crippen LogP contribution in [-0.4, -0.2) is 60.2 Å². The van der Waals surface area contributed by atoms with Gasteiger partial charge in [0, 0.05) is 18.0 Å². The van der Waals surface area contributed by atoms with Gasteiger partial charge in [0.2, 0.25) is 0 Å². The molecule has 1 N–H and O–H groups in total. The molecule has 2 aliphatic heterocycles. The van der Waals surface area contributed by atoms with Crippen LogP contribution in [0.15, 0.2) is 12.1 Å². The van der Waals surface area contributed by atoms with Crippen LogP contribution in [0.25, 0.3) is 0 Å². The summed E-state index contributed by atoms with van der Waals surface area (Å²) < 4.78 is 18.3. The molecule has 148 valence electrons. The summed E-state index contributed by atoms with van der Waals surface area (Å²) in [6.07, 6.45) is -0.551. The number of aryl methyl sites for hydroxylation is 1. The molecule has 0 aromatic heterocycles. The van der Waals surface area contributed by atoms with E-state index in [0.717, 1.165) is 16.6 Å². The molecule has 0 saturated carbocycles. The van der Waals surface area contributed by atoms with Crippen LogP contribution in [-0.2, 0) is 20.5 Å². The molecule has 8 heteroatoms. The van der Waals surface area contributed by atoms with E-state index in [-0.39, 0.29) is 6.10 Å². The molecule has 0 bridgehead atoms. The van der Waals surface area contributed by atoms with Gasteiger partial charge in [-0.25, -0.2) is 4.79 Å². The Morgan fingerprint density at radius 3 is 2.52 bits per heavy atom. The van der Waals surface area contributed by atoms with Crippen LogP contribution in [0.3, 0.4) is 0 Å². The van der Waals surface area contributed by atoms with Gasteiger partial charge in [0.15, 0.2) is 0 Å². The first-order valence-corrected chi connectivity index (χ1v) is 9.62. The molecular formula is C19H27BClNO5. The fourth-order valence-corrected chi connectivity index (χ4v) is 3.78. The zero-order chi connectivity index (χ0) is 20.0. The normalized spacial score (nSPS) is 24.3. The lowest BCUT2D eigenvalue weighted by Gasteiger charge is -2.32. The Hall–Kier alpha value is -1.28. The average molecular weight is 396 g/mol. The minimum Gasteiger partial charge on any atom is -0.465 e. The number of ether oxygens (including phenoxy) is 1. The minimum absolute atomic E-state index is 0.212. The number of benzene rings is 1. The molecule has 6 nitrogen and oxygen atoms in total. The van der Waals surface area contributed by atoms with Crippen molar-refractivity contribution in [1.82, 2.24) is 4.90 Å².